The number of ether oxygens (including phenoxy) is 1. The van der Waals surface area contributed by atoms with Crippen molar-refractivity contribution in [1.29, 1.82) is 0 Å². The summed E-state index contributed by atoms with van der Waals surface area (Å²) in [5, 5.41) is 2.28. The molecule has 32 heavy (non-hydrogen) atoms. The molecule has 1 amide bonds. The van der Waals surface area contributed by atoms with E-state index in [2.05, 4.69) is 11.1 Å². The second-order valence-electron chi connectivity index (χ2n) is 8.35. The summed E-state index contributed by atoms with van der Waals surface area (Å²) in [5.41, 5.74) is 11.5. The number of pyridine rings is 1. The molecule has 0 radical (unpaired) electrons. The van der Waals surface area contributed by atoms with E-state index in [1.54, 1.807) is 17.9 Å². The van der Waals surface area contributed by atoms with Crippen molar-refractivity contribution in [2.24, 2.45) is 5.73 Å². The lowest BCUT2D eigenvalue weighted by Crippen LogP contribution is -2.44. The van der Waals surface area contributed by atoms with Gasteiger partial charge in [0.1, 0.15) is 0 Å². The molecule has 1 aliphatic heterocycles. The molecular weight excluding hydrogens is 407 g/mol. The monoisotopic (exact) mass is 432 g/mol. The van der Waals surface area contributed by atoms with Crippen LogP contribution in [-0.2, 0) is 24.2 Å². The van der Waals surface area contributed by atoms with Crippen molar-refractivity contribution >= 4 is 27.7 Å². The van der Waals surface area contributed by atoms with Gasteiger partial charge in [-0.05, 0) is 42.7 Å². The first kappa shape index (κ1) is 20.5. The zero-order chi connectivity index (χ0) is 22.4. The van der Waals surface area contributed by atoms with E-state index in [-0.39, 0.29) is 11.7 Å². The van der Waals surface area contributed by atoms with Gasteiger partial charge in [-0.2, -0.15) is 0 Å². The molecule has 1 aliphatic rings. The van der Waals surface area contributed by atoms with E-state index in [0.717, 1.165) is 50.7 Å². The first-order valence-corrected chi connectivity index (χ1v) is 10.7. The fourth-order valence-electron chi connectivity index (χ4n) is 4.63. The zero-order valence-corrected chi connectivity index (χ0v) is 18.1. The second-order valence-corrected chi connectivity index (χ2v) is 8.35. The molecule has 2 aromatic carbocycles. The van der Waals surface area contributed by atoms with E-state index >= 15 is 0 Å². The Balaban J connectivity index is 1.66. The Kier molecular flexibility index (Phi) is 5.06. The molecule has 3 N–H and O–H groups in total. The lowest BCUT2D eigenvalue weighted by atomic mass is 9.96. The average Bonchev–Trinajstić information content (AvgIpc) is 3.18. The number of nitrogens with one attached hydrogen (secondary N) is 1. The molecule has 2 aromatic heterocycles. The van der Waals surface area contributed by atoms with Crippen molar-refractivity contribution in [1.82, 2.24) is 14.9 Å². The van der Waals surface area contributed by atoms with Crippen molar-refractivity contribution in [3.8, 4) is 5.75 Å². The van der Waals surface area contributed by atoms with E-state index < -0.39 is 11.9 Å². The van der Waals surface area contributed by atoms with Crippen LogP contribution in [0.4, 0.5) is 4.39 Å². The molecule has 1 atom stereocenters. The van der Waals surface area contributed by atoms with E-state index in [9.17, 15) is 9.18 Å². The first-order chi connectivity index (χ1) is 15.5. The molecule has 0 saturated carbocycles. The van der Waals surface area contributed by atoms with Gasteiger partial charge in [0.15, 0.2) is 11.6 Å². The van der Waals surface area contributed by atoms with Crippen LogP contribution < -0.4 is 10.5 Å². The topological polar surface area (TPSA) is 84.2 Å². The fourth-order valence-corrected chi connectivity index (χ4v) is 4.63. The molecule has 164 valence electrons. The number of nitrogens with zero attached hydrogens (tertiary/aromatic N) is 2. The Morgan fingerprint density at radius 2 is 2.12 bits per heavy atom. The van der Waals surface area contributed by atoms with Crippen LogP contribution in [0.25, 0.3) is 21.8 Å². The van der Waals surface area contributed by atoms with Crippen molar-refractivity contribution in [2.75, 3.05) is 13.7 Å². The summed E-state index contributed by atoms with van der Waals surface area (Å²) in [4.78, 5) is 22.8. The van der Waals surface area contributed by atoms with Crippen molar-refractivity contribution in [2.45, 2.75) is 32.4 Å². The molecule has 0 saturated heterocycles. The third-order valence-corrected chi connectivity index (χ3v) is 6.18. The Bertz CT molecular complexity index is 1350. The molecule has 0 fully saturated rings. The van der Waals surface area contributed by atoms with Gasteiger partial charge >= 0.3 is 0 Å². The van der Waals surface area contributed by atoms with E-state index in [4.69, 9.17) is 15.5 Å². The summed E-state index contributed by atoms with van der Waals surface area (Å²) in [7, 11) is 1.45. The van der Waals surface area contributed by atoms with Gasteiger partial charge in [0.2, 0.25) is 5.91 Å². The predicted octanol–water partition coefficient (Wildman–Crippen LogP) is 3.69. The number of H-pyrrole nitrogens is 1. The number of hydrogen-bond donors (Lipinski definition) is 2. The number of amides is 1. The Hall–Kier alpha value is -3.45. The van der Waals surface area contributed by atoms with Gasteiger partial charge in [-0.15, -0.1) is 0 Å². The fraction of sp³-hybridized carbons (Fsp3) is 0.280. The van der Waals surface area contributed by atoms with Gasteiger partial charge in [-0.25, -0.2) is 4.39 Å². The van der Waals surface area contributed by atoms with Crippen LogP contribution in [0, 0.1) is 5.82 Å². The third kappa shape index (κ3) is 3.39. The SMILES string of the molecule is COc1ccc(Cc2nc3c(c4c2[nH]c2ccccc24)CCN(C(=O)C(C)N)C3)cc1F. The molecule has 7 heteroatoms. The molecule has 6 nitrogen and oxygen atoms in total. The first-order valence-electron chi connectivity index (χ1n) is 10.7. The number of aromatic amines is 1. The molecule has 4 aromatic rings. The van der Waals surface area contributed by atoms with Gasteiger partial charge in [0.05, 0.1) is 36.6 Å². The van der Waals surface area contributed by atoms with Gasteiger partial charge in [0.25, 0.3) is 0 Å². The van der Waals surface area contributed by atoms with Crippen LogP contribution in [-0.4, -0.2) is 40.5 Å². The highest BCUT2D eigenvalue weighted by Gasteiger charge is 2.27. The number of nitrogens with two attached hydrogens (primary N) is 1. The van der Waals surface area contributed by atoms with Gasteiger partial charge in [-0.3, -0.25) is 9.78 Å². The quantitative estimate of drug-likeness (QED) is 0.515. The minimum atomic E-state index is -0.546. The summed E-state index contributed by atoms with van der Waals surface area (Å²) in [6, 6.07) is 12.6. The van der Waals surface area contributed by atoms with Crippen LogP contribution in [0.15, 0.2) is 42.5 Å². The van der Waals surface area contributed by atoms with Gasteiger partial charge < -0.3 is 20.4 Å². The lowest BCUT2D eigenvalue weighted by Gasteiger charge is -2.30. The van der Waals surface area contributed by atoms with Crippen LogP contribution in [0.5, 0.6) is 5.75 Å². The largest absolute Gasteiger partial charge is 0.494 e. The highest BCUT2D eigenvalue weighted by Crippen LogP contribution is 2.35. The number of fused-ring (bicyclic) bond motifs is 5. The summed E-state index contributed by atoms with van der Waals surface area (Å²) in [5.74, 6) is -0.257. The zero-order valence-electron chi connectivity index (χ0n) is 18.1. The molecule has 0 spiro atoms. The number of aromatic nitrogens is 2. The van der Waals surface area contributed by atoms with E-state index in [1.807, 2.05) is 24.3 Å². The standard InChI is InChI=1S/C25H25FN4O2/c1-14(27)25(31)30-10-9-17-21(13-30)28-20(12-15-7-8-22(32-2)18(26)11-15)24-23(17)16-5-3-4-6-19(16)29-24/h3-8,11,14,29H,9-10,12-13,27H2,1-2H3. The minimum Gasteiger partial charge on any atom is -0.494 e. The maximum atomic E-state index is 14.3. The summed E-state index contributed by atoms with van der Waals surface area (Å²) >= 11 is 0. The number of benzene rings is 2. The van der Waals surface area contributed by atoms with Crippen molar-refractivity contribution in [3.05, 3.63) is 70.8 Å². The maximum absolute atomic E-state index is 14.3. The van der Waals surface area contributed by atoms with Crippen LogP contribution in [0.1, 0.15) is 29.4 Å². The normalized spacial score (nSPS) is 14.6. The summed E-state index contributed by atoms with van der Waals surface area (Å²) < 4.78 is 19.4. The second kappa shape index (κ2) is 7.91. The van der Waals surface area contributed by atoms with Gasteiger partial charge in [0, 0.05) is 29.3 Å². The Labute approximate surface area is 185 Å². The number of para-hydroxylation sites is 1. The van der Waals surface area contributed by atoms with Crippen LogP contribution in [0.2, 0.25) is 0 Å². The Morgan fingerprint density at radius 3 is 2.88 bits per heavy atom. The maximum Gasteiger partial charge on any atom is 0.239 e. The minimum absolute atomic E-state index is 0.0738. The molecule has 0 bridgehead atoms. The number of hydrogen-bond acceptors (Lipinski definition) is 4. The number of rotatable bonds is 4. The third-order valence-electron chi connectivity index (χ3n) is 6.18. The number of carbonyl (C=O) groups is 1. The predicted molar refractivity (Wildman–Crippen MR) is 122 cm³/mol. The number of methoxy groups -OCH3 is 1. The summed E-state index contributed by atoms with van der Waals surface area (Å²) in [6.07, 6.45) is 1.18. The molecular formula is C25H25FN4O2. The van der Waals surface area contributed by atoms with Crippen molar-refractivity contribution < 1.29 is 13.9 Å². The molecule has 0 aliphatic carbocycles. The van der Waals surface area contributed by atoms with Gasteiger partial charge in [-0.1, -0.05) is 24.3 Å². The highest BCUT2D eigenvalue weighted by molar-refractivity contribution is 6.10. The smallest absolute Gasteiger partial charge is 0.239 e. The molecule has 3 heterocycles. The molecule has 5 rings (SSSR count). The number of carbonyl (C=O) groups excluding carboxylic acids is 1. The molecule has 1 unspecified atom stereocenters. The van der Waals surface area contributed by atoms with E-state index in [0.29, 0.717) is 19.5 Å². The average molecular weight is 432 g/mol. The van der Waals surface area contributed by atoms with E-state index in [1.165, 1.54) is 13.2 Å². The van der Waals surface area contributed by atoms with Crippen LogP contribution in [0.3, 0.4) is 0 Å². The Morgan fingerprint density at radius 1 is 1.31 bits per heavy atom. The summed E-state index contributed by atoms with van der Waals surface area (Å²) in [6.45, 7) is 2.75. The lowest BCUT2D eigenvalue weighted by molar-refractivity contribution is -0.133. The number of halogens is 1. The van der Waals surface area contributed by atoms with Crippen molar-refractivity contribution in [3.63, 3.8) is 0 Å². The highest BCUT2D eigenvalue weighted by atomic mass is 19.1. The van der Waals surface area contributed by atoms with Crippen LogP contribution >= 0.6 is 0 Å².